The molecule has 0 aromatic heterocycles. The molecule has 0 radical (unpaired) electrons. The molecule has 6 N–H and O–H groups in total. The summed E-state index contributed by atoms with van der Waals surface area (Å²) in [6.45, 7) is 4.41. The minimum Gasteiger partial charge on any atom is -0.466 e. The number of aliphatic hydroxyl groups is 5. The summed E-state index contributed by atoms with van der Waals surface area (Å²) in [6, 6.07) is -0.808. The molecule has 0 aromatic rings. The summed E-state index contributed by atoms with van der Waals surface area (Å²) in [6.07, 6.45) is 89.1. The Labute approximate surface area is 600 Å². The van der Waals surface area contributed by atoms with Gasteiger partial charge in [0.15, 0.2) is 6.29 Å². The molecule has 0 spiro atoms. The normalized spacial score (nSPS) is 17.4. The highest BCUT2D eigenvalue weighted by molar-refractivity contribution is 5.76. The maximum atomic E-state index is 13.1. The number of hydrogen-bond donors (Lipinski definition) is 6. The van der Waals surface area contributed by atoms with E-state index in [4.69, 9.17) is 14.2 Å². The quantitative estimate of drug-likeness (QED) is 0.0195. The van der Waals surface area contributed by atoms with Crippen LogP contribution in [0.2, 0.25) is 0 Å². The highest BCUT2D eigenvalue weighted by atomic mass is 16.7. The van der Waals surface area contributed by atoms with E-state index >= 15 is 0 Å². The van der Waals surface area contributed by atoms with Gasteiger partial charge in [0.05, 0.1) is 32.0 Å². The number of aliphatic hydroxyl groups excluding tert-OH is 5. The molecule has 0 bridgehead atoms. The predicted octanol–water partition coefficient (Wildman–Crippen LogP) is 23.6. The Hall–Kier alpha value is -2.12. The fraction of sp³-hybridized carbons (Fsp3) is 0.907. The highest BCUT2D eigenvalue weighted by Crippen LogP contribution is 2.24. The van der Waals surface area contributed by atoms with E-state index in [0.717, 1.165) is 57.8 Å². The number of ether oxygens (including phenoxy) is 3. The van der Waals surface area contributed by atoms with Crippen molar-refractivity contribution >= 4 is 11.9 Å². The van der Waals surface area contributed by atoms with Crippen LogP contribution in [-0.2, 0) is 23.8 Å². The van der Waals surface area contributed by atoms with Crippen molar-refractivity contribution in [1.29, 1.82) is 0 Å². The number of carbonyl (C=O) groups is 2. The van der Waals surface area contributed by atoms with E-state index < -0.39 is 49.5 Å². The first-order valence-corrected chi connectivity index (χ1v) is 42.8. The number of amides is 1. The van der Waals surface area contributed by atoms with Crippen LogP contribution in [0.25, 0.3) is 0 Å². The molecule has 97 heavy (non-hydrogen) atoms. The van der Waals surface area contributed by atoms with Gasteiger partial charge in [0.1, 0.15) is 24.4 Å². The van der Waals surface area contributed by atoms with E-state index in [1.807, 2.05) is 6.08 Å². The third kappa shape index (κ3) is 63.3. The SMILES string of the molecule is CCCCCCCCCCCCC/C=C/C(O)C(COC1OC(CO)C(O)C(O)C1O)NC(=O)CCCCCCCCCCCCCCCCCCC/C=C\C/C=C\CCCCCCCCCCCCCCCCCOC(=O)CCCCCCCCCCCCCCCCCCC. The summed E-state index contributed by atoms with van der Waals surface area (Å²) < 4.78 is 16.8. The minimum absolute atomic E-state index is 0.0195. The Morgan fingerprint density at radius 1 is 0.381 bits per heavy atom. The van der Waals surface area contributed by atoms with Gasteiger partial charge in [0.2, 0.25) is 5.91 Å². The fourth-order valence-electron chi connectivity index (χ4n) is 13.8. The summed E-state index contributed by atoms with van der Waals surface area (Å²) in [4.78, 5) is 25.2. The van der Waals surface area contributed by atoms with E-state index in [1.54, 1.807) is 6.08 Å². The number of nitrogens with one attached hydrogen (secondary N) is 1. The van der Waals surface area contributed by atoms with E-state index in [0.29, 0.717) is 19.4 Å². The first kappa shape index (κ1) is 92.9. The monoisotopic (exact) mass is 1370 g/mol. The van der Waals surface area contributed by atoms with Crippen molar-refractivity contribution in [3.63, 3.8) is 0 Å². The molecule has 1 fully saturated rings. The molecular formula is C86H163NO10. The number of rotatable bonds is 77. The van der Waals surface area contributed by atoms with Crippen LogP contribution in [-0.4, -0.2) is 100 Å². The topological polar surface area (TPSA) is 175 Å². The van der Waals surface area contributed by atoms with Gasteiger partial charge in [-0.3, -0.25) is 9.59 Å². The molecule has 572 valence electrons. The first-order chi connectivity index (χ1) is 47.7. The van der Waals surface area contributed by atoms with Crippen molar-refractivity contribution < 1.29 is 49.3 Å². The van der Waals surface area contributed by atoms with E-state index in [-0.39, 0.29) is 18.5 Å². The number of allylic oxidation sites excluding steroid dienone is 5. The maximum absolute atomic E-state index is 13.1. The Morgan fingerprint density at radius 3 is 1.04 bits per heavy atom. The van der Waals surface area contributed by atoms with Gasteiger partial charge in [0.25, 0.3) is 0 Å². The van der Waals surface area contributed by atoms with Crippen molar-refractivity contribution in [3.8, 4) is 0 Å². The second kappa shape index (κ2) is 75.1. The lowest BCUT2D eigenvalue weighted by atomic mass is 9.99. The van der Waals surface area contributed by atoms with Crippen LogP contribution in [0.15, 0.2) is 36.5 Å². The Kier molecular flexibility index (Phi) is 71.9. The van der Waals surface area contributed by atoms with Crippen molar-refractivity contribution in [2.24, 2.45) is 0 Å². The first-order valence-electron chi connectivity index (χ1n) is 42.8. The molecule has 0 aromatic carbocycles. The number of carbonyl (C=O) groups excluding carboxylic acids is 2. The van der Waals surface area contributed by atoms with Crippen LogP contribution >= 0.6 is 0 Å². The predicted molar refractivity (Wildman–Crippen MR) is 412 cm³/mol. The lowest BCUT2D eigenvalue weighted by molar-refractivity contribution is -0.302. The molecule has 0 aliphatic carbocycles. The van der Waals surface area contributed by atoms with Crippen LogP contribution in [0.1, 0.15) is 438 Å². The van der Waals surface area contributed by atoms with Gasteiger partial charge in [-0.1, -0.05) is 397 Å². The zero-order valence-electron chi connectivity index (χ0n) is 64.1. The van der Waals surface area contributed by atoms with Gasteiger partial charge in [0, 0.05) is 12.8 Å². The number of hydrogen-bond acceptors (Lipinski definition) is 10. The molecule has 1 aliphatic heterocycles. The van der Waals surface area contributed by atoms with Gasteiger partial charge in [-0.15, -0.1) is 0 Å². The fourth-order valence-corrected chi connectivity index (χ4v) is 13.8. The molecule has 1 saturated heterocycles. The third-order valence-electron chi connectivity index (χ3n) is 20.5. The highest BCUT2D eigenvalue weighted by Gasteiger charge is 2.44. The molecule has 11 nitrogen and oxygen atoms in total. The van der Waals surface area contributed by atoms with E-state index in [2.05, 4.69) is 43.5 Å². The number of unbranched alkanes of at least 4 members (excludes halogenated alkanes) is 59. The second-order valence-corrected chi connectivity index (χ2v) is 29.9. The average Bonchev–Trinajstić information content (AvgIpc) is 0.840. The van der Waals surface area contributed by atoms with Crippen LogP contribution in [0.5, 0.6) is 0 Å². The lowest BCUT2D eigenvalue weighted by Crippen LogP contribution is -2.60. The molecule has 1 heterocycles. The van der Waals surface area contributed by atoms with Gasteiger partial charge in [-0.2, -0.15) is 0 Å². The van der Waals surface area contributed by atoms with Crippen LogP contribution in [0.4, 0.5) is 0 Å². The van der Waals surface area contributed by atoms with Crippen molar-refractivity contribution in [3.05, 3.63) is 36.5 Å². The maximum Gasteiger partial charge on any atom is 0.305 e. The van der Waals surface area contributed by atoms with Crippen LogP contribution < -0.4 is 5.32 Å². The smallest absolute Gasteiger partial charge is 0.305 e. The molecule has 1 aliphatic rings. The molecular weight excluding hydrogens is 1210 g/mol. The van der Waals surface area contributed by atoms with E-state index in [9.17, 15) is 35.1 Å². The van der Waals surface area contributed by atoms with Gasteiger partial charge in [-0.25, -0.2) is 0 Å². The third-order valence-corrected chi connectivity index (χ3v) is 20.5. The van der Waals surface area contributed by atoms with Crippen molar-refractivity contribution in [1.82, 2.24) is 5.32 Å². The molecule has 0 saturated carbocycles. The van der Waals surface area contributed by atoms with Crippen molar-refractivity contribution in [2.45, 2.75) is 480 Å². The Balaban J connectivity index is 1.88. The molecule has 1 amide bonds. The number of esters is 1. The van der Waals surface area contributed by atoms with Gasteiger partial charge in [-0.05, 0) is 64.2 Å². The lowest BCUT2D eigenvalue weighted by Gasteiger charge is -2.40. The van der Waals surface area contributed by atoms with Gasteiger partial charge < -0.3 is 45.1 Å². The Morgan fingerprint density at radius 2 is 0.691 bits per heavy atom. The van der Waals surface area contributed by atoms with Crippen LogP contribution in [0, 0.1) is 0 Å². The molecule has 1 rings (SSSR count). The van der Waals surface area contributed by atoms with Crippen molar-refractivity contribution in [2.75, 3.05) is 19.8 Å². The Bertz CT molecular complexity index is 1710. The zero-order chi connectivity index (χ0) is 70.1. The minimum atomic E-state index is -1.57. The van der Waals surface area contributed by atoms with Gasteiger partial charge >= 0.3 is 5.97 Å². The van der Waals surface area contributed by atoms with E-state index in [1.165, 1.54) is 353 Å². The molecule has 7 atom stereocenters. The standard InChI is InChI=1S/C86H163NO10/c1-3-5-7-9-11-13-15-17-18-42-46-50-54-58-62-66-70-74-82(91)95-75-71-67-63-59-55-51-47-44-41-39-37-35-33-31-29-27-25-23-21-19-20-22-24-26-28-30-32-34-36-38-40-43-45-49-53-57-61-65-69-73-81(90)87-78(77-96-86-85(94)84(93)83(92)80(76-88)97-86)79(89)72-68-64-60-56-52-48-16-14-12-10-8-6-4-2/h19-20,23,25,68,72,78-80,83-86,88-89,92-94H,3-18,21-22,24,26-67,69-71,73-77H2,1-2H3,(H,87,90)/b20-19-,25-23-,72-68+. The zero-order valence-corrected chi connectivity index (χ0v) is 64.1. The summed E-state index contributed by atoms with van der Waals surface area (Å²) in [5.41, 5.74) is 0. The summed E-state index contributed by atoms with van der Waals surface area (Å²) in [5.74, 6) is -0.156. The summed E-state index contributed by atoms with van der Waals surface area (Å²) in [5, 5.41) is 54.6. The second-order valence-electron chi connectivity index (χ2n) is 29.9. The molecule has 11 heteroatoms. The summed E-state index contributed by atoms with van der Waals surface area (Å²) in [7, 11) is 0. The van der Waals surface area contributed by atoms with Crippen LogP contribution in [0.3, 0.4) is 0 Å². The largest absolute Gasteiger partial charge is 0.466 e. The summed E-state index contributed by atoms with van der Waals surface area (Å²) >= 11 is 0. The molecule has 7 unspecified atom stereocenters. The average molecular weight is 1370 g/mol.